The minimum atomic E-state index is -0.127. The fourth-order valence-electron chi connectivity index (χ4n) is 3.61. The first-order chi connectivity index (χ1) is 14.6. The van der Waals surface area contributed by atoms with Gasteiger partial charge in [-0.05, 0) is 61.4 Å². The summed E-state index contributed by atoms with van der Waals surface area (Å²) in [5.74, 6) is 1.44. The monoisotopic (exact) mass is 422 g/mol. The number of para-hydroxylation sites is 1. The predicted octanol–water partition coefficient (Wildman–Crippen LogP) is 4.66. The van der Waals surface area contributed by atoms with Crippen molar-refractivity contribution in [1.29, 1.82) is 0 Å². The van der Waals surface area contributed by atoms with Gasteiger partial charge >= 0.3 is 0 Å². The molecule has 154 valence electrons. The quantitative estimate of drug-likeness (QED) is 0.647. The Morgan fingerprint density at radius 1 is 1.10 bits per heavy atom. The lowest BCUT2D eigenvalue weighted by Gasteiger charge is -2.32. The van der Waals surface area contributed by atoms with Gasteiger partial charge in [0.25, 0.3) is 0 Å². The van der Waals surface area contributed by atoms with E-state index >= 15 is 0 Å². The van der Waals surface area contributed by atoms with E-state index in [0.29, 0.717) is 17.3 Å². The smallest absolute Gasteiger partial charge is 0.229 e. The standard InChI is InChI=1S/C23H23ClN4O2/c1-30-18-10-8-16(9-11-18)20-12-13-22(27-26-20)28-14-4-5-17(15-28)23(29)25-21-7-3-2-6-19(21)24/h2-3,6-13,17H,4-5,14-15H2,1H3,(H,25,29). The third-order valence-corrected chi connectivity index (χ3v) is 5.61. The van der Waals surface area contributed by atoms with Crippen LogP contribution in [0.25, 0.3) is 11.3 Å². The number of piperidine rings is 1. The van der Waals surface area contributed by atoms with Crippen molar-refractivity contribution in [3.63, 3.8) is 0 Å². The van der Waals surface area contributed by atoms with E-state index in [4.69, 9.17) is 16.3 Å². The van der Waals surface area contributed by atoms with Crippen LogP contribution in [0.1, 0.15) is 12.8 Å². The first-order valence-electron chi connectivity index (χ1n) is 9.92. The Bertz CT molecular complexity index is 1010. The lowest BCUT2D eigenvalue weighted by atomic mass is 9.97. The molecule has 1 aliphatic rings. The highest BCUT2D eigenvalue weighted by molar-refractivity contribution is 6.33. The Morgan fingerprint density at radius 3 is 2.60 bits per heavy atom. The summed E-state index contributed by atoms with van der Waals surface area (Å²) in [6.45, 7) is 1.46. The number of aromatic nitrogens is 2. The number of hydrogen-bond donors (Lipinski definition) is 1. The molecule has 0 aliphatic carbocycles. The van der Waals surface area contributed by atoms with E-state index in [1.54, 1.807) is 13.2 Å². The van der Waals surface area contributed by atoms with E-state index in [-0.39, 0.29) is 11.8 Å². The summed E-state index contributed by atoms with van der Waals surface area (Å²) < 4.78 is 5.19. The van der Waals surface area contributed by atoms with Crippen LogP contribution in [0, 0.1) is 5.92 Å². The first kappa shape index (κ1) is 20.2. The number of rotatable bonds is 5. The molecule has 3 aromatic rings. The molecule has 4 rings (SSSR count). The molecule has 1 saturated heterocycles. The third kappa shape index (κ3) is 4.54. The second kappa shape index (κ2) is 9.13. The highest BCUT2D eigenvalue weighted by Crippen LogP contribution is 2.26. The molecule has 1 unspecified atom stereocenters. The zero-order valence-corrected chi connectivity index (χ0v) is 17.5. The highest BCUT2D eigenvalue weighted by Gasteiger charge is 2.27. The van der Waals surface area contributed by atoms with Crippen LogP contribution in [-0.2, 0) is 4.79 Å². The second-order valence-electron chi connectivity index (χ2n) is 7.26. The number of nitrogens with zero attached hydrogens (tertiary/aromatic N) is 3. The summed E-state index contributed by atoms with van der Waals surface area (Å²) in [5, 5.41) is 12.3. The maximum absolute atomic E-state index is 12.7. The molecule has 1 N–H and O–H groups in total. The Hall–Kier alpha value is -3.12. The normalized spacial score (nSPS) is 16.2. The number of hydrogen-bond acceptors (Lipinski definition) is 5. The van der Waals surface area contributed by atoms with E-state index in [0.717, 1.165) is 42.2 Å². The Balaban J connectivity index is 1.42. The van der Waals surface area contributed by atoms with Crippen molar-refractivity contribution in [1.82, 2.24) is 10.2 Å². The molecule has 1 aromatic heterocycles. The van der Waals surface area contributed by atoms with Gasteiger partial charge in [-0.15, -0.1) is 10.2 Å². The largest absolute Gasteiger partial charge is 0.497 e. The van der Waals surface area contributed by atoms with Crippen LogP contribution in [0.4, 0.5) is 11.5 Å². The molecule has 1 atom stereocenters. The second-order valence-corrected chi connectivity index (χ2v) is 7.67. The molecular weight excluding hydrogens is 400 g/mol. The van der Waals surface area contributed by atoms with Crippen molar-refractivity contribution in [2.45, 2.75) is 12.8 Å². The summed E-state index contributed by atoms with van der Waals surface area (Å²) in [4.78, 5) is 14.9. The van der Waals surface area contributed by atoms with E-state index in [9.17, 15) is 4.79 Å². The van der Waals surface area contributed by atoms with Crippen LogP contribution in [-0.4, -0.2) is 36.3 Å². The summed E-state index contributed by atoms with van der Waals surface area (Å²) in [7, 11) is 1.64. The van der Waals surface area contributed by atoms with Gasteiger partial charge in [-0.3, -0.25) is 4.79 Å². The molecular formula is C23H23ClN4O2. The molecule has 30 heavy (non-hydrogen) atoms. The van der Waals surface area contributed by atoms with Gasteiger partial charge in [0.15, 0.2) is 5.82 Å². The van der Waals surface area contributed by atoms with Crippen LogP contribution < -0.4 is 15.0 Å². The summed E-state index contributed by atoms with van der Waals surface area (Å²) in [5.41, 5.74) is 2.42. The Kier molecular flexibility index (Phi) is 6.14. The topological polar surface area (TPSA) is 67.3 Å². The van der Waals surface area contributed by atoms with Gasteiger partial charge in [-0.1, -0.05) is 23.7 Å². The molecule has 2 heterocycles. The molecule has 2 aromatic carbocycles. The number of nitrogens with one attached hydrogen (secondary N) is 1. The molecule has 1 fully saturated rings. The van der Waals surface area contributed by atoms with Gasteiger partial charge in [0, 0.05) is 18.7 Å². The van der Waals surface area contributed by atoms with Crippen LogP contribution in [0.5, 0.6) is 5.75 Å². The predicted molar refractivity (Wildman–Crippen MR) is 119 cm³/mol. The van der Waals surface area contributed by atoms with Crippen molar-refractivity contribution in [3.8, 4) is 17.0 Å². The number of benzene rings is 2. The van der Waals surface area contributed by atoms with E-state index in [2.05, 4.69) is 20.4 Å². The number of halogens is 1. The van der Waals surface area contributed by atoms with Crippen LogP contribution in [0.15, 0.2) is 60.7 Å². The number of methoxy groups -OCH3 is 1. The fourth-order valence-corrected chi connectivity index (χ4v) is 3.79. The Labute approximate surface area is 180 Å². The molecule has 1 aliphatic heterocycles. The molecule has 6 nitrogen and oxygen atoms in total. The Morgan fingerprint density at radius 2 is 1.90 bits per heavy atom. The third-order valence-electron chi connectivity index (χ3n) is 5.28. The van der Waals surface area contributed by atoms with Crippen LogP contribution >= 0.6 is 11.6 Å². The van der Waals surface area contributed by atoms with Gasteiger partial charge in [0.2, 0.25) is 5.91 Å². The fraction of sp³-hybridized carbons (Fsp3) is 0.261. The molecule has 0 radical (unpaired) electrons. The first-order valence-corrected chi connectivity index (χ1v) is 10.3. The van der Waals surface area contributed by atoms with Gasteiger partial charge in [-0.25, -0.2) is 0 Å². The number of anilines is 2. The van der Waals surface area contributed by atoms with Crippen molar-refractivity contribution < 1.29 is 9.53 Å². The number of amides is 1. The minimum Gasteiger partial charge on any atom is -0.497 e. The van der Waals surface area contributed by atoms with Gasteiger partial charge in [0.05, 0.1) is 29.4 Å². The van der Waals surface area contributed by atoms with E-state index < -0.39 is 0 Å². The van der Waals surface area contributed by atoms with Crippen molar-refractivity contribution in [2.75, 3.05) is 30.4 Å². The average molecular weight is 423 g/mol. The average Bonchev–Trinajstić information content (AvgIpc) is 2.81. The van der Waals surface area contributed by atoms with Crippen molar-refractivity contribution >= 4 is 29.0 Å². The highest BCUT2D eigenvalue weighted by atomic mass is 35.5. The summed E-state index contributed by atoms with van der Waals surface area (Å²) >= 11 is 6.16. The van der Waals surface area contributed by atoms with Crippen molar-refractivity contribution in [3.05, 3.63) is 65.7 Å². The number of ether oxygens (including phenoxy) is 1. The lowest BCUT2D eigenvalue weighted by Crippen LogP contribution is -2.41. The van der Waals surface area contributed by atoms with Gasteiger partial charge < -0.3 is 15.0 Å². The lowest BCUT2D eigenvalue weighted by molar-refractivity contribution is -0.120. The van der Waals surface area contributed by atoms with Gasteiger partial charge in [-0.2, -0.15) is 0 Å². The van der Waals surface area contributed by atoms with Crippen LogP contribution in [0.3, 0.4) is 0 Å². The SMILES string of the molecule is COc1ccc(-c2ccc(N3CCCC(C(=O)Nc4ccccc4Cl)C3)nn2)cc1. The molecule has 7 heteroatoms. The number of carbonyl (C=O) groups is 1. The molecule has 0 saturated carbocycles. The zero-order chi connectivity index (χ0) is 20.9. The maximum atomic E-state index is 12.7. The van der Waals surface area contributed by atoms with Crippen LogP contribution in [0.2, 0.25) is 5.02 Å². The maximum Gasteiger partial charge on any atom is 0.229 e. The summed E-state index contributed by atoms with van der Waals surface area (Å²) in [6.07, 6.45) is 1.76. The van der Waals surface area contributed by atoms with Gasteiger partial charge in [0.1, 0.15) is 5.75 Å². The van der Waals surface area contributed by atoms with E-state index in [1.807, 2.05) is 54.6 Å². The zero-order valence-electron chi connectivity index (χ0n) is 16.7. The molecule has 0 bridgehead atoms. The summed E-state index contributed by atoms with van der Waals surface area (Å²) in [6, 6.07) is 18.9. The van der Waals surface area contributed by atoms with Crippen molar-refractivity contribution in [2.24, 2.45) is 5.92 Å². The minimum absolute atomic E-state index is 0.0180. The van der Waals surface area contributed by atoms with E-state index in [1.165, 1.54) is 0 Å². The number of carbonyl (C=O) groups excluding carboxylic acids is 1. The molecule has 0 spiro atoms. The molecule has 1 amide bonds.